The zero-order chi connectivity index (χ0) is 16.9. The molecule has 0 spiro atoms. The molecule has 0 aliphatic heterocycles. The minimum absolute atomic E-state index is 0.0388. The monoisotopic (exact) mass is 395 g/mol. The van der Waals surface area contributed by atoms with Crippen molar-refractivity contribution in [1.82, 2.24) is 4.31 Å². The second-order valence-electron chi connectivity index (χ2n) is 6.05. The van der Waals surface area contributed by atoms with E-state index in [-0.39, 0.29) is 11.7 Å². The number of benzene rings is 2. The smallest absolute Gasteiger partial charge is 0.212 e. The molecule has 0 saturated heterocycles. The molecular weight excluding hydrogens is 374 g/mol. The first-order valence-electron chi connectivity index (χ1n) is 7.63. The van der Waals surface area contributed by atoms with Crippen LogP contribution in [-0.2, 0) is 22.3 Å². The van der Waals surface area contributed by atoms with Gasteiger partial charge >= 0.3 is 0 Å². The minimum Gasteiger partial charge on any atom is -0.212 e. The Bertz CT molecular complexity index is 712. The largest absolute Gasteiger partial charge is 0.218 e. The third-order valence-electron chi connectivity index (χ3n) is 3.43. The Morgan fingerprint density at radius 2 is 1.57 bits per heavy atom. The van der Waals surface area contributed by atoms with E-state index in [0.717, 1.165) is 15.6 Å². The lowest BCUT2D eigenvalue weighted by atomic mass is 10.2. The van der Waals surface area contributed by atoms with Crippen LogP contribution in [0.2, 0.25) is 0 Å². The Labute approximate surface area is 147 Å². The van der Waals surface area contributed by atoms with Crippen molar-refractivity contribution in [3.8, 4) is 0 Å². The zero-order valence-corrected chi connectivity index (χ0v) is 15.8. The van der Waals surface area contributed by atoms with E-state index in [9.17, 15) is 8.42 Å². The number of rotatable bonds is 7. The number of nitrogens with zero attached hydrogens (tertiary/aromatic N) is 1. The van der Waals surface area contributed by atoms with Crippen LogP contribution in [0, 0.1) is 5.92 Å². The van der Waals surface area contributed by atoms with E-state index in [2.05, 4.69) is 15.9 Å². The maximum atomic E-state index is 12.8. The average molecular weight is 396 g/mol. The fourth-order valence-electron chi connectivity index (χ4n) is 2.35. The average Bonchev–Trinajstić information content (AvgIpc) is 2.49. The quantitative estimate of drug-likeness (QED) is 0.694. The van der Waals surface area contributed by atoms with Gasteiger partial charge in [-0.15, -0.1) is 0 Å². The predicted molar refractivity (Wildman–Crippen MR) is 98.5 cm³/mol. The van der Waals surface area contributed by atoms with Crippen LogP contribution in [0.5, 0.6) is 0 Å². The maximum Gasteiger partial charge on any atom is 0.218 e. The standard InChI is InChI=1S/C18H22BrNO2S/c1-15(2)12-20(13-16-8-10-18(19)11-9-16)23(21,22)14-17-6-4-3-5-7-17/h3-11,15H,12-14H2,1-2H3. The van der Waals surface area contributed by atoms with E-state index in [1.165, 1.54) is 0 Å². The van der Waals surface area contributed by atoms with Gasteiger partial charge in [0.1, 0.15) is 0 Å². The summed E-state index contributed by atoms with van der Waals surface area (Å²) in [4.78, 5) is 0. The molecule has 0 N–H and O–H groups in total. The highest BCUT2D eigenvalue weighted by atomic mass is 79.9. The summed E-state index contributed by atoms with van der Waals surface area (Å²) >= 11 is 3.40. The van der Waals surface area contributed by atoms with Crippen molar-refractivity contribution in [1.29, 1.82) is 0 Å². The summed E-state index contributed by atoms with van der Waals surface area (Å²) in [6.45, 7) is 4.99. The number of halogens is 1. The second-order valence-corrected chi connectivity index (χ2v) is 8.94. The van der Waals surface area contributed by atoms with Crippen LogP contribution in [-0.4, -0.2) is 19.3 Å². The summed E-state index contributed by atoms with van der Waals surface area (Å²) in [5, 5.41) is 0. The lowest BCUT2D eigenvalue weighted by molar-refractivity contribution is 0.361. The van der Waals surface area contributed by atoms with Gasteiger partial charge in [0.15, 0.2) is 0 Å². The summed E-state index contributed by atoms with van der Waals surface area (Å²) < 4.78 is 28.2. The van der Waals surface area contributed by atoms with Gasteiger partial charge in [0, 0.05) is 17.6 Å². The van der Waals surface area contributed by atoms with Gasteiger partial charge in [0.2, 0.25) is 10.0 Å². The molecule has 2 aromatic rings. The van der Waals surface area contributed by atoms with Gasteiger partial charge in [-0.2, -0.15) is 4.31 Å². The van der Waals surface area contributed by atoms with Crippen molar-refractivity contribution >= 4 is 26.0 Å². The Balaban J connectivity index is 2.20. The van der Waals surface area contributed by atoms with Crippen LogP contribution in [0.1, 0.15) is 25.0 Å². The fourth-order valence-corrected chi connectivity index (χ4v) is 4.28. The van der Waals surface area contributed by atoms with Crippen LogP contribution in [0.25, 0.3) is 0 Å². The molecule has 0 saturated carbocycles. The molecule has 0 bridgehead atoms. The molecule has 0 aromatic heterocycles. The first kappa shape index (κ1) is 18.2. The number of hydrogen-bond donors (Lipinski definition) is 0. The van der Waals surface area contributed by atoms with Crippen molar-refractivity contribution in [3.05, 3.63) is 70.2 Å². The molecule has 0 unspecified atom stereocenters. The minimum atomic E-state index is -3.36. The molecule has 2 rings (SSSR count). The number of sulfonamides is 1. The van der Waals surface area contributed by atoms with Crippen molar-refractivity contribution in [2.45, 2.75) is 26.1 Å². The molecule has 0 amide bonds. The molecule has 0 fully saturated rings. The SMILES string of the molecule is CC(C)CN(Cc1ccc(Br)cc1)S(=O)(=O)Cc1ccccc1. The molecule has 5 heteroatoms. The second kappa shape index (κ2) is 8.08. The summed E-state index contributed by atoms with van der Waals surface area (Å²) in [6.07, 6.45) is 0. The van der Waals surface area contributed by atoms with Gasteiger partial charge in [-0.05, 0) is 29.2 Å². The van der Waals surface area contributed by atoms with Crippen LogP contribution < -0.4 is 0 Å². The molecule has 0 aliphatic carbocycles. The van der Waals surface area contributed by atoms with E-state index < -0.39 is 10.0 Å². The Morgan fingerprint density at radius 1 is 0.957 bits per heavy atom. The van der Waals surface area contributed by atoms with Crippen LogP contribution in [0.3, 0.4) is 0 Å². The Hall–Kier alpha value is -1.17. The Kier molecular flexibility index (Phi) is 6.39. The molecule has 0 atom stereocenters. The molecule has 3 nitrogen and oxygen atoms in total. The molecule has 124 valence electrons. The van der Waals surface area contributed by atoms with Crippen LogP contribution >= 0.6 is 15.9 Å². The lowest BCUT2D eigenvalue weighted by Crippen LogP contribution is -2.34. The van der Waals surface area contributed by atoms with E-state index in [1.807, 2.05) is 68.4 Å². The summed E-state index contributed by atoms with van der Waals surface area (Å²) in [5.74, 6) is 0.313. The summed E-state index contributed by atoms with van der Waals surface area (Å²) in [6, 6.07) is 17.1. The van der Waals surface area contributed by atoms with Gasteiger partial charge in [-0.25, -0.2) is 8.42 Å². The van der Waals surface area contributed by atoms with Gasteiger partial charge in [-0.3, -0.25) is 0 Å². The highest BCUT2D eigenvalue weighted by Crippen LogP contribution is 2.18. The van der Waals surface area contributed by atoms with Gasteiger partial charge in [0.25, 0.3) is 0 Å². The van der Waals surface area contributed by atoms with Crippen molar-refractivity contribution in [3.63, 3.8) is 0 Å². The van der Waals surface area contributed by atoms with E-state index in [4.69, 9.17) is 0 Å². The van der Waals surface area contributed by atoms with E-state index in [0.29, 0.717) is 13.1 Å². The Morgan fingerprint density at radius 3 is 2.13 bits per heavy atom. The fraction of sp³-hybridized carbons (Fsp3) is 0.333. The first-order chi connectivity index (χ1) is 10.9. The van der Waals surface area contributed by atoms with Crippen LogP contribution in [0.4, 0.5) is 0 Å². The summed E-state index contributed by atoms with van der Waals surface area (Å²) in [7, 11) is -3.36. The molecule has 23 heavy (non-hydrogen) atoms. The van der Waals surface area contributed by atoms with E-state index in [1.54, 1.807) is 4.31 Å². The molecule has 2 aromatic carbocycles. The first-order valence-corrected chi connectivity index (χ1v) is 10.0. The van der Waals surface area contributed by atoms with Gasteiger partial charge in [0.05, 0.1) is 5.75 Å². The zero-order valence-electron chi connectivity index (χ0n) is 13.4. The third kappa shape index (κ3) is 5.75. The highest BCUT2D eigenvalue weighted by Gasteiger charge is 2.23. The normalized spacial score (nSPS) is 12.0. The number of hydrogen-bond acceptors (Lipinski definition) is 2. The van der Waals surface area contributed by atoms with Crippen molar-refractivity contribution in [2.24, 2.45) is 5.92 Å². The lowest BCUT2D eigenvalue weighted by Gasteiger charge is -2.24. The molecule has 0 radical (unpaired) electrons. The highest BCUT2D eigenvalue weighted by molar-refractivity contribution is 9.10. The maximum absolute atomic E-state index is 12.8. The molecule has 0 aliphatic rings. The van der Waals surface area contributed by atoms with Crippen molar-refractivity contribution in [2.75, 3.05) is 6.54 Å². The topological polar surface area (TPSA) is 37.4 Å². The van der Waals surface area contributed by atoms with E-state index >= 15 is 0 Å². The van der Waals surface area contributed by atoms with Crippen LogP contribution in [0.15, 0.2) is 59.1 Å². The molecular formula is C18H22BrNO2S. The molecule has 0 heterocycles. The van der Waals surface area contributed by atoms with Crippen molar-refractivity contribution < 1.29 is 8.42 Å². The van der Waals surface area contributed by atoms with Gasteiger partial charge < -0.3 is 0 Å². The summed E-state index contributed by atoms with van der Waals surface area (Å²) in [5.41, 5.74) is 1.81. The predicted octanol–water partition coefficient (Wildman–Crippen LogP) is 4.44. The van der Waals surface area contributed by atoms with Gasteiger partial charge in [-0.1, -0.05) is 72.2 Å². The third-order valence-corrected chi connectivity index (χ3v) is 5.72.